The van der Waals surface area contributed by atoms with Crippen molar-refractivity contribution in [3.8, 4) is 27.8 Å². The first kappa shape index (κ1) is 41.8. The maximum atomic E-state index is 11.7. The minimum Gasteiger partial charge on any atom is -0.512 e. The van der Waals surface area contributed by atoms with Crippen LogP contribution in [0.25, 0.3) is 42.6 Å². The molecule has 271 valence electrons. The van der Waals surface area contributed by atoms with E-state index in [1.165, 1.54) is 44.2 Å². The van der Waals surface area contributed by atoms with Crippen LogP contribution in [-0.2, 0) is 30.3 Å². The Labute approximate surface area is 323 Å². The van der Waals surface area contributed by atoms with Gasteiger partial charge in [0, 0.05) is 64.9 Å². The molecule has 0 fully saturated rings. The van der Waals surface area contributed by atoms with Crippen molar-refractivity contribution in [3.63, 3.8) is 0 Å². The van der Waals surface area contributed by atoms with Crippen LogP contribution in [0.2, 0.25) is 0 Å². The Balaban J connectivity index is 0.000000374. The average molecular weight is 878 g/mol. The SMILES string of the molecule is CCC(CC)C(=O)/C=C(\O)C(CC)CC.Cc1cc(C)c(-c2sc3c(-c4[c-]c5ccccc5c(C(C)(C)C)c4)ncc(C#N)c3c2C)c(C)c1.[Ir]. The molecule has 2 heterocycles. The number of ketones is 1. The number of nitrogens with zero attached hydrogens (tertiary/aromatic N) is 2. The van der Waals surface area contributed by atoms with Gasteiger partial charge in [0.1, 0.15) is 6.07 Å². The number of nitriles is 1. The number of benzene rings is 3. The number of rotatable bonds is 9. The molecule has 0 amide bonds. The molecule has 0 unspecified atom stereocenters. The number of fused-ring (bicyclic) bond motifs is 2. The number of aromatic nitrogens is 1. The number of pyridine rings is 1. The van der Waals surface area contributed by atoms with Gasteiger partial charge in [-0.1, -0.05) is 95.3 Å². The maximum absolute atomic E-state index is 11.7. The van der Waals surface area contributed by atoms with Crippen LogP contribution in [0.1, 0.15) is 108 Å². The largest absolute Gasteiger partial charge is 0.512 e. The van der Waals surface area contributed by atoms with Crippen LogP contribution in [0.4, 0.5) is 0 Å². The molecule has 0 spiro atoms. The van der Waals surface area contributed by atoms with Crippen molar-refractivity contribution in [3.05, 3.63) is 99.9 Å². The van der Waals surface area contributed by atoms with E-state index in [1.807, 2.05) is 27.7 Å². The number of carbonyl (C=O) groups excluding carboxylic acids is 1. The van der Waals surface area contributed by atoms with Gasteiger partial charge in [0.25, 0.3) is 0 Å². The van der Waals surface area contributed by atoms with Crippen molar-refractivity contribution >= 4 is 38.0 Å². The van der Waals surface area contributed by atoms with Gasteiger partial charge in [0.2, 0.25) is 0 Å². The third kappa shape index (κ3) is 9.07. The fourth-order valence-corrected chi connectivity index (χ4v) is 8.58. The summed E-state index contributed by atoms with van der Waals surface area (Å²) in [7, 11) is 0. The summed E-state index contributed by atoms with van der Waals surface area (Å²) in [5, 5.41) is 23.0. The van der Waals surface area contributed by atoms with Gasteiger partial charge in [-0.05, 0) is 81.0 Å². The molecule has 4 nitrogen and oxygen atoms in total. The maximum Gasteiger partial charge on any atom is 0.162 e. The number of hydrogen-bond acceptors (Lipinski definition) is 5. The van der Waals surface area contributed by atoms with Gasteiger partial charge in [-0.3, -0.25) is 9.78 Å². The van der Waals surface area contributed by atoms with E-state index in [9.17, 15) is 15.2 Å². The quantitative estimate of drug-likeness (QED) is 0.0909. The number of aliphatic hydroxyl groups is 1. The second kappa shape index (κ2) is 17.7. The van der Waals surface area contributed by atoms with E-state index in [0.29, 0.717) is 5.56 Å². The van der Waals surface area contributed by atoms with Crippen LogP contribution < -0.4 is 0 Å². The molecule has 0 aliphatic heterocycles. The molecule has 3 aromatic carbocycles. The van der Waals surface area contributed by atoms with Crippen molar-refractivity contribution in [1.82, 2.24) is 4.98 Å². The van der Waals surface area contributed by atoms with Crippen LogP contribution in [0.15, 0.2) is 60.5 Å². The van der Waals surface area contributed by atoms with Crippen LogP contribution in [-0.4, -0.2) is 15.9 Å². The van der Waals surface area contributed by atoms with Crippen molar-refractivity contribution in [2.24, 2.45) is 11.8 Å². The molecule has 5 aromatic rings. The standard InChI is InChI=1S/C32H29N2S.C13H24O2.Ir/c1-18-12-19(2)27(20(3)13-18)30-21(4)28-24(16-33)17-34-29(31(28)35-30)23-14-22-10-8-9-11-25(22)26(15-23)32(5,6)7;1-5-10(6-2)12(14)9-13(15)11(7-3)8-4;/h8-13,15,17H,1-7H3;9-11,14H,5-8H2,1-4H3;/q-1;;/b;12-9-;. The molecular formula is C45H53IrN2O2S-. The molecule has 0 saturated heterocycles. The Bertz CT molecular complexity index is 2060. The van der Waals surface area contributed by atoms with Gasteiger partial charge in [0.15, 0.2) is 5.78 Å². The molecule has 0 aliphatic carbocycles. The third-order valence-corrected chi connectivity index (χ3v) is 11.2. The van der Waals surface area contributed by atoms with E-state index in [1.54, 1.807) is 17.5 Å². The number of thiophene rings is 1. The molecule has 1 N–H and O–H groups in total. The zero-order valence-electron chi connectivity index (χ0n) is 32.2. The normalized spacial score (nSPS) is 11.8. The summed E-state index contributed by atoms with van der Waals surface area (Å²) >= 11 is 1.75. The van der Waals surface area contributed by atoms with E-state index >= 15 is 0 Å². The predicted octanol–water partition coefficient (Wildman–Crippen LogP) is 12.9. The average Bonchev–Trinajstić information content (AvgIpc) is 3.40. The molecular weight excluding hydrogens is 825 g/mol. The fourth-order valence-electron chi connectivity index (χ4n) is 7.07. The summed E-state index contributed by atoms with van der Waals surface area (Å²) in [5.74, 6) is 0.547. The van der Waals surface area contributed by atoms with Crippen molar-refractivity contribution in [2.75, 3.05) is 0 Å². The first-order valence-electron chi connectivity index (χ1n) is 18.0. The summed E-state index contributed by atoms with van der Waals surface area (Å²) in [6, 6.07) is 21.2. The van der Waals surface area contributed by atoms with Gasteiger partial charge in [-0.15, -0.1) is 40.5 Å². The molecule has 51 heavy (non-hydrogen) atoms. The second-order valence-corrected chi connectivity index (χ2v) is 15.6. The molecule has 2 aromatic heterocycles. The molecule has 0 aliphatic rings. The van der Waals surface area contributed by atoms with E-state index in [4.69, 9.17) is 4.98 Å². The predicted molar refractivity (Wildman–Crippen MR) is 213 cm³/mol. The summed E-state index contributed by atoms with van der Waals surface area (Å²) < 4.78 is 1.06. The number of hydrogen-bond donors (Lipinski definition) is 1. The van der Waals surface area contributed by atoms with Gasteiger partial charge < -0.3 is 5.11 Å². The second-order valence-electron chi connectivity index (χ2n) is 14.6. The summed E-state index contributed by atoms with van der Waals surface area (Å²) in [6.07, 6.45) is 6.64. The molecule has 0 atom stereocenters. The van der Waals surface area contributed by atoms with Gasteiger partial charge in [-0.25, -0.2) is 0 Å². The number of carbonyl (C=O) groups is 1. The van der Waals surface area contributed by atoms with E-state index in [2.05, 4.69) is 103 Å². The van der Waals surface area contributed by atoms with E-state index in [0.717, 1.165) is 58.0 Å². The van der Waals surface area contributed by atoms with Crippen molar-refractivity contribution < 1.29 is 30.0 Å². The smallest absolute Gasteiger partial charge is 0.162 e. The van der Waals surface area contributed by atoms with Gasteiger partial charge in [0.05, 0.1) is 11.3 Å². The summed E-state index contributed by atoms with van der Waals surface area (Å²) in [5.41, 5.74) is 9.96. The Hall–Kier alpha value is -3.62. The molecule has 0 saturated carbocycles. The number of aryl methyl sites for hydroxylation is 4. The monoisotopic (exact) mass is 878 g/mol. The molecule has 0 bridgehead atoms. The molecule has 5 rings (SSSR count). The first-order valence-corrected chi connectivity index (χ1v) is 18.8. The van der Waals surface area contributed by atoms with Crippen LogP contribution in [0.3, 0.4) is 0 Å². The third-order valence-electron chi connectivity index (χ3n) is 9.90. The Morgan fingerprint density at radius 3 is 2.10 bits per heavy atom. The van der Waals surface area contributed by atoms with Crippen molar-refractivity contribution in [1.29, 1.82) is 5.26 Å². The van der Waals surface area contributed by atoms with Gasteiger partial charge >= 0.3 is 0 Å². The summed E-state index contributed by atoms with van der Waals surface area (Å²) in [6.45, 7) is 23.4. The number of aliphatic hydroxyl groups excluding tert-OH is 1. The van der Waals surface area contributed by atoms with E-state index in [-0.39, 0.29) is 48.9 Å². The Morgan fingerprint density at radius 1 is 0.961 bits per heavy atom. The van der Waals surface area contributed by atoms with Crippen LogP contribution in [0.5, 0.6) is 0 Å². The number of allylic oxidation sites excluding steroid dienone is 2. The van der Waals surface area contributed by atoms with Gasteiger partial charge in [-0.2, -0.15) is 5.26 Å². The Morgan fingerprint density at radius 2 is 1.55 bits per heavy atom. The van der Waals surface area contributed by atoms with Crippen LogP contribution >= 0.6 is 11.3 Å². The zero-order valence-corrected chi connectivity index (χ0v) is 35.4. The van der Waals surface area contributed by atoms with E-state index < -0.39 is 0 Å². The minimum absolute atomic E-state index is 0. The Kier molecular flexibility index (Phi) is 14.5. The first-order chi connectivity index (χ1) is 23.7. The summed E-state index contributed by atoms with van der Waals surface area (Å²) in [4.78, 5) is 17.8. The zero-order chi connectivity index (χ0) is 36.9. The molecule has 1 radical (unpaired) electrons. The minimum atomic E-state index is -0.0260. The van der Waals surface area contributed by atoms with Crippen LogP contribution in [0, 0.1) is 56.9 Å². The topological polar surface area (TPSA) is 74.0 Å². The fraction of sp³-hybridized carbons (Fsp3) is 0.400. The molecule has 6 heteroatoms. The van der Waals surface area contributed by atoms with Crippen molar-refractivity contribution in [2.45, 2.75) is 107 Å².